The fourth-order valence-electron chi connectivity index (χ4n) is 2.25. The molecule has 25 heavy (non-hydrogen) atoms. The highest BCUT2D eigenvalue weighted by molar-refractivity contribution is 7.98. The Bertz CT molecular complexity index is 688. The number of halogens is 1. The second-order valence-corrected chi connectivity index (χ2v) is 6.53. The second kappa shape index (κ2) is 10.8. The van der Waals surface area contributed by atoms with Crippen LogP contribution in [0.25, 0.3) is 11.1 Å². The summed E-state index contributed by atoms with van der Waals surface area (Å²) in [6.07, 6.45) is 1.33. The van der Waals surface area contributed by atoms with E-state index in [1.54, 1.807) is 0 Å². The first kappa shape index (κ1) is 21.1. The van der Waals surface area contributed by atoms with E-state index in [1.807, 2.05) is 36.0 Å². The number of hydrogen-bond donors (Lipinski definition) is 2. The molecule has 0 radical (unpaired) electrons. The van der Waals surface area contributed by atoms with E-state index in [-0.39, 0.29) is 24.2 Å². The predicted molar refractivity (Wildman–Crippen MR) is 108 cm³/mol. The Morgan fingerprint density at radius 3 is 2.16 bits per heavy atom. The monoisotopic (exact) mass is 378 g/mol. The van der Waals surface area contributed by atoms with Gasteiger partial charge in [0.25, 0.3) is 0 Å². The zero-order valence-corrected chi connectivity index (χ0v) is 15.8. The van der Waals surface area contributed by atoms with Gasteiger partial charge in [0.1, 0.15) is 5.84 Å². The normalized spacial score (nSPS) is 9.96. The summed E-state index contributed by atoms with van der Waals surface area (Å²) in [6.45, 7) is 0. The van der Waals surface area contributed by atoms with Crippen molar-refractivity contribution in [3.05, 3.63) is 59.7 Å². The molecule has 0 amide bonds. The van der Waals surface area contributed by atoms with Crippen molar-refractivity contribution in [3.63, 3.8) is 0 Å². The van der Waals surface area contributed by atoms with Gasteiger partial charge < -0.3 is 10.5 Å². The van der Waals surface area contributed by atoms with E-state index < -0.39 is 0 Å². The van der Waals surface area contributed by atoms with Crippen molar-refractivity contribution in [3.8, 4) is 11.1 Å². The van der Waals surface area contributed by atoms with Crippen LogP contribution in [-0.2, 0) is 15.3 Å². The van der Waals surface area contributed by atoms with E-state index in [0.717, 1.165) is 34.6 Å². The van der Waals surface area contributed by atoms with Gasteiger partial charge in [0.15, 0.2) is 0 Å². The smallest absolute Gasteiger partial charge is 0.305 e. The van der Waals surface area contributed by atoms with Crippen molar-refractivity contribution < 1.29 is 9.53 Å². The lowest BCUT2D eigenvalue weighted by molar-refractivity contribution is -0.140. The number of thioether (sulfide) groups is 1. The first-order valence-electron chi connectivity index (χ1n) is 7.78. The summed E-state index contributed by atoms with van der Waals surface area (Å²) in [4.78, 5) is 11.0. The third-order valence-corrected chi connectivity index (χ3v) is 4.76. The van der Waals surface area contributed by atoms with Gasteiger partial charge >= 0.3 is 5.97 Å². The van der Waals surface area contributed by atoms with Crippen LogP contribution in [0.5, 0.6) is 0 Å². The molecule has 0 saturated carbocycles. The van der Waals surface area contributed by atoms with E-state index in [1.165, 1.54) is 12.7 Å². The predicted octanol–water partition coefficient (Wildman–Crippen LogP) is 4.25. The number of nitrogens with one attached hydrogen (secondary N) is 1. The number of carbonyl (C=O) groups is 1. The molecule has 2 aromatic rings. The standard InChI is InChI=1S/C19H22N2O2S.ClH/c1-23-18(22)3-2-12-24-13-14-4-6-15(7-5-14)16-8-10-17(11-9-16)19(20)21;/h4-11H,2-3,12-13H2,1H3,(H3,20,21);1H. The fourth-order valence-corrected chi connectivity index (χ4v) is 3.17. The fraction of sp³-hybridized carbons (Fsp3) is 0.263. The number of methoxy groups -OCH3 is 1. The average Bonchev–Trinajstić information content (AvgIpc) is 2.62. The SMILES string of the molecule is COC(=O)CCCSCc1ccc(-c2ccc(C(=N)N)cc2)cc1.Cl. The maximum atomic E-state index is 11.0. The highest BCUT2D eigenvalue weighted by Crippen LogP contribution is 2.22. The summed E-state index contributed by atoms with van der Waals surface area (Å²) in [5.41, 5.74) is 9.72. The van der Waals surface area contributed by atoms with Crippen molar-refractivity contribution in [1.82, 2.24) is 0 Å². The van der Waals surface area contributed by atoms with Gasteiger partial charge in [0, 0.05) is 17.7 Å². The molecule has 0 fully saturated rings. The third-order valence-electron chi connectivity index (χ3n) is 3.65. The molecule has 134 valence electrons. The topological polar surface area (TPSA) is 76.2 Å². The molecule has 0 unspecified atom stereocenters. The van der Waals surface area contributed by atoms with Crippen LogP contribution in [0.4, 0.5) is 0 Å². The number of nitrogen functional groups attached to an aromatic ring is 1. The number of nitrogens with two attached hydrogens (primary N) is 1. The molecule has 2 aromatic carbocycles. The van der Waals surface area contributed by atoms with Crippen LogP contribution in [-0.4, -0.2) is 24.7 Å². The Morgan fingerprint density at radius 1 is 1.08 bits per heavy atom. The number of ether oxygens (including phenoxy) is 1. The Kier molecular flexibility index (Phi) is 9.10. The summed E-state index contributed by atoms with van der Waals surface area (Å²) < 4.78 is 4.62. The first-order chi connectivity index (χ1) is 11.6. The molecule has 0 saturated heterocycles. The van der Waals surface area contributed by atoms with Crippen LogP contribution in [0.2, 0.25) is 0 Å². The van der Waals surface area contributed by atoms with E-state index in [2.05, 4.69) is 29.0 Å². The molecule has 4 nitrogen and oxygen atoms in total. The molecule has 0 aromatic heterocycles. The summed E-state index contributed by atoms with van der Waals surface area (Å²) >= 11 is 1.82. The van der Waals surface area contributed by atoms with Crippen LogP contribution >= 0.6 is 24.2 Å². The molecule has 0 spiro atoms. The molecule has 0 aliphatic carbocycles. The quantitative estimate of drug-likeness (QED) is 0.311. The molecule has 0 bridgehead atoms. The number of hydrogen-bond acceptors (Lipinski definition) is 4. The number of benzene rings is 2. The van der Waals surface area contributed by atoms with Crippen LogP contribution in [0.15, 0.2) is 48.5 Å². The first-order valence-corrected chi connectivity index (χ1v) is 8.94. The zero-order chi connectivity index (χ0) is 17.4. The minimum atomic E-state index is -0.143. The summed E-state index contributed by atoms with van der Waals surface area (Å²) in [7, 11) is 1.42. The van der Waals surface area contributed by atoms with Gasteiger partial charge in [-0.1, -0.05) is 48.5 Å². The highest BCUT2D eigenvalue weighted by Gasteiger charge is 2.02. The average molecular weight is 379 g/mol. The number of amidine groups is 1. The number of esters is 1. The van der Waals surface area contributed by atoms with Crippen molar-refractivity contribution in [2.45, 2.75) is 18.6 Å². The van der Waals surface area contributed by atoms with Crippen LogP contribution in [0.1, 0.15) is 24.0 Å². The molecule has 0 aliphatic heterocycles. The maximum absolute atomic E-state index is 11.0. The largest absolute Gasteiger partial charge is 0.469 e. The van der Waals surface area contributed by atoms with Crippen LogP contribution < -0.4 is 5.73 Å². The molecule has 6 heteroatoms. The third kappa shape index (κ3) is 6.80. The summed E-state index contributed by atoms with van der Waals surface area (Å²) in [5.74, 6) is 1.82. The summed E-state index contributed by atoms with van der Waals surface area (Å²) in [5, 5.41) is 7.42. The van der Waals surface area contributed by atoms with E-state index >= 15 is 0 Å². The molecule has 0 heterocycles. The molecule has 2 rings (SSSR count). The molecule has 0 aliphatic rings. The van der Waals surface area contributed by atoms with Gasteiger partial charge in [-0.05, 0) is 28.9 Å². The van der Waals surface area contributed by atoms with Gasteiger partial charge in [0.2, 0.25) is 0 Å². The minimum absolute atomic E-state index is 0. The van der Waals surface area contributed by atoms with Gasteiger partial charge in [-0.15, -0.1) is 12.4 Å². The molecule has 0 atom stereocenters. The van der Waals surface area contributed by atoms with Crippen molar-refractivity contribution >= 4 is 36.0 Å². The second-order valence-electron chi connectivity index (χ2n) is 5.42. The Labute approximate surface area is 159 Å². The highest BCUT2D eigenvalue weighted by atomic mass is 35.5. The van der Waals surface area contributed by atoms with E-state index in [9.17, 15) is 4.79 Å². The molecular formula is C19H23ClN2O2S. The van der Waals surface area contributed by atoms with Gasteiger partial charge in [0.05, 0.1) is 7.11 Å². The van der Waals surface area contributed by atoms with Crippen LogP contribution in [0.3, 0.4) is 0 Å². The van der Waals surface area contributed by atoms with Gasteiger partial charge in [-0.2, -0.15) is 11.8 Å². The molecular weight excluding hydrogens is 356 g/mol. The Morgan fingerprint density at radius 2 is 1.64 bits per heavy atom. The summed E-state index contributed by atoms with van der Waals surface area (Å²) in [6, 6.07) is 16.1. The van der Waals surface area contributed by atoms with Gasteiger partial charge in [-0.25, -0.2) is 0 Å². The molecule has 3 N–H and O–H groups in total. The lowest BCUT2D eigenvalue weighted by Crippen LogP contribution is -2.10. The minimum Gasteiger partial charge on any atom is -0.469 e. The lowest BCUT2D eigenvalue weighted by atomic mass is 10.0. The lowest BCUT2D eigenvalue weighted by Gasteiger charge is -2.06. The Hall–Kier alpha value is -1.98. The number of carbonyl (C=O) groups excluding carboxylic acids is 1. The van der Waals surface area contributed by atoms with Crippen molar-refractivity contribution in [2.24, 2.45) is 5.73 Å². The maximum Gasteiger partial charge on any atom is 0.305 e. The van der Waals surface area contributed by atoms with Crippen LogP contribution in [0, 0.1) is 5.41 Å². The van der Waals surface area contributed by atoms with Gasteiger partial charge in [-0.3, -0.25) is 10.2 Å². The van der Waals surface area contributed by atoms with E-state index in [4.69, 9.17) is 11.1 Å². The Balaban J connectivity index is 0.00000312. The zero-order valence-electron chi connectivity index (χ0n) is 14.2. The number of rotatable bonds is 8. The van der Waals surface area contributed by atoms with E-state index in [0.29, 0.717) is 6.42 Å². The van der Waals surface area contributed by atoms with Crippen molar-refractivity contribution in [1.29, 1.82) is 5.41 Å². The van der Waals surface area contributed by atoms with Crippen molar-refractivity contribution in [2.75, 3.05) is 12.9 Å².